The molecule has 11 heavy (non-hydrogen) atoms. The molecule has 1 heterocycles. The number of hydrogen-bond donors (Lipinski definition) is 0. The van der Waals surface area contributed by atoms with E-state index in [2.05, 4.69) is 10.2 Å². The molecule has 62 valence electrons. The Balaban J connectivity index is 2.72. The maximum atomic E-state index is 5.46. The van der Waals surface area contributed by atoms with Crippen molar-refractivity contribution < 1.29 is 4.74 Å². The van der Waals surface area contributed by atoms with Crippen LogP contribution in [0.5, 0.6) is 6.01 Å². The van der Waals surface area contributed by atoms with Gasteiger partial charge in [0.1, 0.15) is 11.9 Å². The summed E-state index contributed by atoms with van der Waals surface area (Å²) in [7, 11) is 1.85. The van der Waals surface area contributed by atoms with Gasteiger partial charge in [-0.25, -0.2) is 0 Å². The van der Waals surface area contributed by atoms with Gasteiger partial charge < -0.3 is 4.74 Å². The first kappa shape index (κ1) is 8.04. The monoisotopic (exact) mass is 155 g/mol. The molecule has 0 N–H and O–H groups in total. The molecule has 0 fully saturated rings. The number of rotatable bonds is 1. The molecule has 0 atom stereocenters. The average molecular weight is 155 g/mol. The Morgan fingerprint density at radius 2 is 2.09 bits per heavy atom. The molecular formula is C7H13N3O. The van der Waals surface area contributed by atoms with E-state index >= 15 is 0 Å². The average Bonchev–Trinajstić information content (AvgIpc) is 2.12. The maximum Gasteiger partial charge on any atom is 0.316 e. The van der Waals surface area contributed by atoms with Crippen molar-refractivity contribution in [3.8, 4) is 6.01 Å². The molecule has 0 bridgehead atoms. The minimum absolute atomic E-state index is 0.208. The lowest BCUT2D eigenvalue weighted by atomic mass is 10.2. The van der Waals surface area contributed by atoms with Crippen molar-refractivity contribution in [1.82, 2.24) is 14.8 Å². The smallest absolute Gasteiger partial charge is 0.316 e. The zero-order valence-electron chi connectivity index (χ0n) is 7.33. The molecule has 1 rings (SSSR count). The topological polar surface area (TPSA) is 39.9 Å². The van der Waals surface area contributed by atoms with Crippen LogP contribution in [0.4, 0.5) is 0 Å². The van der Waals surface area contributed by atoms with E-state index in [0.717, 1.165) is 0 Å². The lowest BCUT2D eigenvalue weighted by Crippen LogP contribution is -2.24. The van der Waals surface area contributed by atoms with Gasteiger partial charge in [0.25, 0.3) is 0 Å². The minimum atomic E-state index is -0.208. The van der Waals surface area contributed by atoms with Gasteiger partial charge in [-0.3, -0.25) is 4.57 Å². The molecule has 0 saturated heterocycles. The Bertz CT molecular complexity index is 236. The van der Waals surface area contributed by atoms with Gasteiger partial charge in [-0.05, 0) is 20.8 Å². The Hall–Kier alpha value is -1.06. The minimum Gasteiger partial charge on any atom is -0.458 e. The molecule has 1 aromatic rings. The number of nitrogens with zero attached hydrogens (tertiary/aromatic N) is 3. The number of aromatic nitrogens is 3. The first-order valence-corrected chi connectivity index (χ1v) is 3.52. The van der Waals surface area contributed by atoms with Crippen molar-refractivity contribution in [2.45, 2.75) is 26.4 Å². The van der Waals surface area contributed by atoms with Gasteiger partial charge in [0, 0.05) is 7.05 Å². The Morgan fingerprint density at radius 1 is 1.45 bits per heavy atom. The second-order valence-electron chi connectivity index (χ2n) is 3.44. The zero-order valence-corrected chi connectivity index (χ0v) is 7.33. The van der Waals surface area contributed by atoms with E-state index in [4.69, 9.17) is 4.74 Å². The molecule has 1 aromatic heterocycles. The molecule has 0 radical (unpaired) electrons. The van der Waals surface area contributed by atoms with Crippen LogP contribution in [0.2, 0.25) is 0 Å². The predicted octanol–water partition coefficient (Wildman–Crippen LogP) is 0.992. The van der Waals surface area contributed by atoms with Crippen LogP contribution in [0.1, 0.15) is 20.8 Å². The van der Waals surface area contributed by atoms with E-state index in [1.807, 2.05) is 27.8 Å². The van der Waals surface area contributed by atoms with E-state index < -0.39 is 0 Å². The van der Waals surface area contributed by atoms with Crippen molar-refractivity contribution in [1.29, 1.82) is 0 Å². The van der Waals surface area contributed by atoms with Crippen LogP contribution in [0, 0.1) is 0 Å². The van der Waals surface area contributed by atoms with Gasteiger partial charge in [0.05, 0.1) is 0 Å². The van der Waals surface area contributed by atoms with Crippen molar-refractivity contribution in [3.05, 3.63) is 6.33 Å². The maximum absolute atomic E-state index is 5.46. The summed E-state index contributed by atoms with van der Waals surface area (Å²) in [5, 5.41) is 7.49. The molecule has 0 saturated carbocycles. The SMILES string of the molecule is Cn1cnnc1OC(C)(C)C. The van der Waals surface area contributed by atoms with Gasteiger partial charge >= 0.3 is 6.01 Å². The Kier molecular flexibility index (Phi) is 1.85. The molecule has 0 amide bonds. The van der Waals surface area contributed by atoms with Gasteiger partial charge in [0.15, 0.2) is 0 Å². The molecule has 0 aliphatic heterocycles. The third-order valence-corrected chi connectivity index (χ3v) is 1.07. The third kappa shape index (κ3) is 2.22. The fraction of sp³-hybridized carbons (Fsp3) is 0.714. The highest BCUT2D eigenvalue weighted by Crippen LogP contribution is 2.12. The van der Waals surface area contributed by atoms with Gasteiger partial charge in [-0.2, -0.15) is 0 Å². The molecule has 0 aromatic carbocycles. The van der Waals surface area contributed by atoms with E-state index in [1.165, 1.54) is 0 Å². The van der Waals surface area contributed by atoms with Crippen LogP contribution in [0.15, 0.2) is 6.33 Å². The fourth-order valence-electron chi connectivity index (χ4n) is 0.639. The summed E-state index contributed by atoms with van der Waals surface area (Å²) in [6, 6.07) is 0.553. The first-order valence-electron chi connectivity index (χ1n) is 3.52. The fourth-order valence-corrected chi connectivity index (χ4v) is 0.639. The number of ether oxygens (including phenoxy) is 1. The summed E-state index contributed by atoms with van der Waals surface area (Å²) in [6.45, 7) is 5.92. The lowest BCUT2D eigenvalue weighted by molar-refractivity contribution is 0.112. The third-order valence-electron chi connectivity index (χ3n) is 1.07. The van der Waals surface area contributed by atoms with Crippen molar-refractivity contribution in [2.24, 2.45) is 7.05 Å². The quantitative estimate of drug-likeness (QED) is 0.607. The van der Waals surface area contributed by atoms with Crippen LogP contribution in [-0.2, 0) is 7.05 Å². The molecular weight excluding hydrogens is 142 g/mol. The van der Waals surface area contributed by atoms with Crippen molar-refractivity contribution >= 4 is 0 Å². The van der Waals surface area contributed by atoms with Gasteiger partial charge in [-0.15, -0.1) is 5.10 Å². The van der Waals surface area contributed by atoms with Crippen LogP contribution in [-0.4, -0.2) is 20.4 Å². The molecule has 4 heteroatoms. The normalized spacial score (nSPS) is 11.6. The summed E-state index contributed by atoms with van der Waals surface area (Å²) >= 11 is 0. The molecule has 0 unspecified atom stereocenters. The zero-order chi connectivity index (χ0) is 8.48. The molecule has 0 aliphatic carbocycles. The second kappa shape index (κ2) is 2.53. The van der Waals surface area contributed by atoms with Crippen LogP contribution in [0.25, 0.3) is 0 Å². The van der Waals surface area contributed by atoms with E-state index in [-0.39, 0.29) is 5.60 Å². The summed E-state index contributed by atoms with van der Waals surface area (Å²) in [5.74, 6) is 0. The molecule has 0 aliphatic rings. The summed E-state index contributed by atoms with van der Waals surface area (Å²) in [5.41, 5.74) is -0.208. The highest BCUT2D eigenvalue weighted by atomic mass is 16.5. The Labute approximate surface area is 66.2 Å². The molecule has 4 nitrogen and oxygen atoms in total. The van der Waals surface area contributed by atoms with Crippen molar-refractivity contribution in [3.63, 3.8) is 0 Å². The predicted molar refractivity (Wildman–Crippen MR) is 41.4 cm³/mol. The van der Waals surface area contributed by atoms with Crippen LogP contribution < -0.4 is 4.74 Å². The van der Waals surface area contributed by atoms with Gasteiger partial charge in [-0.1, -0.05) is 5.10 Å². The van der Waals surface area contributed by atoms with E-state index in [1.54, 1.807) is 10.9 Å². The second-order valence-corrected chi connectivity index (χ2v) is 3.44. The number of hydrogen-bond acceptors (Lipinski definition) is 3. The highest BCUT2D eigenvalue weighted by Gasteiger charge is 2.14. The standard InChI is InChI=1S/C7H13N3O/c1-7(2,3)11-6-9-8-5-10(6)4/h5H,1-4H3. The first-order chi connectivity index (χ1) is 4.99. The highest BCUT2D eigenvalue weighted by molar-refractivity contribution is 4.92. The summed E-state index contributed by atoms with van der Waals surface area (Å²) in [6.07, 6.45) is 1.61. The summed E-state index contributed by atoms with van der Waals surface area (Å²) < 4.78 is 7.20. The van der Waals surface area contributed by atoms with Crippen molar-refractivity contribution in [2.75, 3.05) is 0 Å². The van der Waals surface area contributed by atoms with Crippen LogP contribution >= 0.6 is 0 Å². The largest absolute Gasteiger partial charge is 0.458 e. The lowest BCUT2D eigenvalue weighted by Gasteiger charge is -2.19. The number of aryl methyl sites for hydroxylation is 1. The van der Waals surface area contributed by atoms with E-state index in [0.29, 0.717) is 6.01 Å². The van der Waals surface area contributed by atoms with Crippen LogP contribution in [0.3, 0.4) is 0 Å². The Morgan fingerprint density at radius 3 is 2.45 bits per heavy atom. The van der Waals surface area contributed by atoms with Gasteiger partial charge in [0.2, 0.25) is 0 Å². The summed E-state index contributed by atoms with van der Waals surface area (Å²) in [4.78, 5) is 0. The molecule has 0 spiro atoms. The van der Waals surface area contributed by atoms with E-state index in [9.17, 15) is 0 Å².